The summed E-state index contributed by atoms with van der Waals surface area (Å²) in [6.45, 7) is -0.564. The van der Waals surface area contributed by atoms with Gasteiger partial charge in [0.05, 0.1) is 5.69 Å². The highest BCUT2D eigenvalue weighted by Crippen LogP contribution is 2.41. The number of aromatic nitrogens is 2. The summed E-state index contributed by atoms with van der Waals surface area (Å²) in [5.74, 6) is -0.453. The molecule has 0 radical (unpaired) electrons. The molecule has 2 aromatic rings. The molecule has 128 valence electrons. The van der Waals surface area contributed by atoms with Crippen molar-refractivity contribution in [1.82, 2.24) is 9.78 Å². The minimum absolute atomic E-state index is 0.00684. The monoisotopic (exact) mass is 337 g/mol. The summed E-state index contributed by atoms with van der Waals surface area (Å²) in [6, 6.07) is 6.28. The van der Waals surface area contributed by atoms with E-state index in [-0.39, 0.29) is 23.2 Å². The first-order valence-electron chi connectivity index (χ1n) is 7.51. The second kappa shape index (κ2) is 6.10. The number of carbonyl (C=O) groups excluding carboxylic acids is 1. The van der Waals surface area contributed by atoms with Gasteiger partial charge in [0, 0.05) is 19.7 Å². The van der Waals surface area contributed by atoms with Crippen LogP contribution in [0.1, 0.15) is 35.3 Å². The van der Waals surface area contributed by atoms with E-state index in [1.807, 2.05) is 13.0 Å². The number of aromatic hydroxyl groups is 1. The van der Waals surface area contributed by atoms with E-state index in [1.54, 1.807) is 6.07 Å². The quantitative estimate of drug-likeness (QED) is 0.935. The van der Waals surface area contributed by atoms with Crippen LogP contribution in [0, 0.1) is 0 Å². The maximum Gasteiger partial charge on any atom is 0.388 e. The molecule has 1 atom stereocenters. The van der Waals surface area contributed by atoms with E-state index in [4.69, 9.17) is 0 Å². The van der Waals surface area contributed by atoms with Crippen LogP contribution in [0.4, 0.5) is 14.5 Å². The molecule has 0 spiro atoms. The van der Waals surface area contributed by atoms with Gasteiger partial charge in [-0.2, -0.15) is 13.9 Å². The van der Waals surface area contributed by atoms with Crippen LogP contribution in [0.5, 0.6) is 11.6 Å². The molecule has 1 unspecified atom stereocenters. The molecule has 6 nitrogen and oxygen atoms in total. The third kappa shape index (κ3) is 2.79. The number of aryl methyl sites for hydroxylation is 1. The number of nitrogens with zero attached hydrogens (tertiary/aromatic N) is 3. The molecule has 0 bridgehead atoms. The van der Waals surface area contributed by atoms with E-state index >= 15 is 0 Å². The van der Waals surface area contributed by atoms with Crippen LogP contribution in [0.3, 0.4) is 0 Å². The topological polar surface area (TPSA) is 67.6 Å². The second-order valence-corrected chi connectivity index (χ2v) is 5.73. The number of hydrogen-bond donors (Lipinski definition) is 1. The highest BCUT2D eigenvalue weighted by atomic mass is 19.3. The lowest BCUT2D eigenvalue weighted by atomic mass is 9.91. The first-order chi connectivity index (χ1) is 11.4. The molecule has 1 aromatic heterocycles. The molecule has 0 saturated heterocycles. The number of phenols is 1. The van der Waals surface area contributed by atoms with Gasteiger partial charge in [-0.25, -0.2) is 4.68 Å². The number of para-hydroxylation sites is 1. The van der Waals surface area contributed by atoms with Crippen molar-refractivity contribution in [2.75, 3.05) is 11.4 Å². The van der Waals surface area contributed by atoms with Crippen LogP contribution < -0.4 is 9.64 Å². The number of carbonyl (C=O) groups is 1. The Bertz CT molecular complexity index is 776. The van der Waals surface area contributed by atoms with Crippen LogP contribution in [0.15, 0.2) is 24.3 Å². The van der Waals surface area contributed by atoms with Crippen LogP contribution >= 0.6 is 0 Å². The zero-order valence-corrected chi connectivity index (χ0v) is 13.2. The fourth-order valence-corrected chi connectivity index (χ4v) is 2.93. The summed E-state index contributed by atoms with van der Waals surface area (Å²) in [7, 11) is 1.41. The van der Waals surface area contributed by atoms with Gasteiger partial charge in [-0.3, -0.25) is 4.79 Å². The molecule has 8 heteroatoms. The van der Waals surface area contributed by atoms with Crippen molar-refractivity contribution in [3.8, 4) is 11.6 Å². The van der Waals surface area contributed by atoms with Gasteiger partial charge in [-0.1, -0.05) is 19.1 Å². The molecule has 0 saturated carbocycles. The van der Waals surface area contributed by atoms with Crippen LogP contribution in [-0.2, 0) is 7.05 Å². The fourth-order valence-electron chi connectivity index (χ4n) is 2.93. The zero-order valence-electron chi connectivity index (χ0n) is 13.2. The Morgan fingerprint density at radius 2 is 2.21 bits per heavy atom. The molecule has 1 aromatic carbocycles. The molecule has 24 heavy (non-hydrogen) atoms. The van der Waals surface area contributed by atoms with E-state index in [9.17, 15) is 18.7 Å². The largest absolute Gasteiger partial charge is 0.506 e. The number of benzene rings is 1. The van der Waals surface area contributed by atoms with Crippen molar-refractivity contribution < 1.29 is 23.4 Å². The van der Waals surface area contributed by atoms with Gasteiger partial charge in [0.1, 0.15) is 5.75 Å². The van der Waals surface area contributed by atoms with Crippen LogP contribution in [-0.4, -0.2) is 34.0 Å². The molecule has 1 aliphatic heterocycles. The van der Waals surface area contributed by atoms with Gasteiger partial charge in [-0.05, 0) is 24.0 Å². The highest BCUT2D eigenvalue weighted by molar-refractivity contribution is 6.06. The Morgan fingerprint density at radius 1 is 1.46 bits per heavy atom. The number of fused-ring (bicyclic) bond motifs is 1. The smallest absolute Gasteiger partial charge is 0.388 e. The lowest BCUT2D eigenvalue weighted by Crippen LogP contribution is -2.36. The van der Waals surface area contributed by atoms with Crippen LogP contribution in [0.2, 0.25) is 0 Å². The maximum absolute atomic E-state index is 12.8. The Hall–Kier alpha value is -2.64. The summed E-state index contributed by atoms with van der Waals surface area (Å²) in [5.41, 5.74) is 1.30. The SMILES string of the molecule is CC1CCN(C(=O)c2cc(OC(F)F)n(C)n2)c2c(O)cccc21. The molecule has 0 fully saturated rings. The number of phenolic OH excluding ortho intramolecular Hbond substituents is 1. The van der Waals surface area contributed by atoms with E-state index in [2.05, 4.69) is 9.84 Å². The molecule has 1 amide bonds. The summed E-state index contributed by atoms with van der Waals surface area (Å²) < 4.78 is 30.1. The molecule has 3 rings (SSSR count). The molecule has 2 heterocycles. The molecule has 1 N–H and O–H groups in total. The van der Waals surface area contributed by atoms with E-state index < -0.39 is 12.5 Å². The first-order valence-corrected chi connectivity index (χ1v) is 7.51. The van der Waals surface area contributed by atoms with Gasteiger partial charge < -0.3 is 14.7 Å². The molecular weight excluding hydrogens is 320 g/mol. The van der Waals surface area contributed by atoms with Crippen molar-refractivity contribution in [1.29, 1.82) is 0 Å². The van der Waals surface area contributed by atoms with Gasteiger partial charge in [-0.15, -0.1) is 0 Å². The Morgan fingerprint density at radius 3 is 2.92 bits per heavy atom. The minimum Gasteiger partial charge on any atom is -0.506 e. The second-order valence-electron chi connectivity index (χ2n) is 5.73. The predicted molar refractivity (Wildman–Crippen MR) is 82.7 cm³/mol. The van der Waals surface area contributed by atoms with Crippen molar-refractivity contribution in [2.24, 2.45) is 7.05 Å². The van der Waals surface area contributed by atoms with Gasteiger partial charge in [0.25, 0.3) is 5.91 Å². The fraction of sp³-hybridized carbons (Fsp3) is 0.375. The first kappa shape index (κ1) is 16.2. The van der Waals surface area contributed by atoms with Crippen molar-refractivity contribution in [3.05, 3.63) is 35.5 Å². The number of alkyl halides is 2. The zero-order chi connectivity index (χ0) is 17.4. The average Bonchev–Trinajstić information content (AvgIpc) is 2.88. The van der Waals surface area contributed by atoms with E-state index in [1.165, 1.54) is 24.1 Å². The summed E-state index contributed by atoms with van der Waals surface area (Å²) in [4.78, 5) is 14.2. The van der Waals surface area contributed by atoms with E-state index in [0.717, 1.165) is 16.7 Å². The standard InChI is InChI=1S/C16H17F2N3O3/c1-9-6-7-21(14-10(9)4-3-5-12(14)22)15(23)11-8-13(20(2)19-11)24-16(17)18/h3-5,8-9,16,22H,6-7H2,1-2H3. The number of rotatable bonds is 3. The van der Waals surface area contributed by atoms with Gasteiger partial charge >= 0.3 is 6.61 Å². The number of amides is 1. The van der Waals surface area contributed by atoms with Gasteiger partial charge in [0.2, 0.25) is 5.88 Å². The number of ether oxygens (including phenoxy) is 1. The van der Waals surface area contributed by atoms with Crippen molar-refractivity contribution in [2.45, 2.75) is 25.9 Å². The van der Waals surface area contributed by atoms with E-state index in [0.29, 0.717) is 12.2 Å². The Labute approximate surface area is 137 Å². The van der Waals surface area contributed by atoms with Crippen molar-refractivity contribution >= 4 is 11.6 Å². The normalized spacial score (nSPS) is 17.0. The molecule has 0 aliphatic carbocycles. The Balaban J connectivity index is 1.96. The van der Waals surface area contributed by atoms with Crippen molar-refractivity contribution in [3.63, 3.8) is 0 Å². The predicted octanol–water partition coefficient (Wildman–Crippen LogP) is 2.88. The summed E-state index contributed by atoms with van der Waals surface area (Å²) >= 11 is 0. The lowest BCUT2D eigenvalue weighted by Gasteiger charge is -2.32. The minimum atomic E-state index is -3.00. The summed E-state index contributed by atoms with van der Waals surface area (Å²) in [5, 5.41) is 14.1. The lowest BCUT2D eigenvalue weighted by molar-refractivity contribution is -0.0553. The summed E-state index contributed by atoms with van der Waals surface area (Å²) in [6.07, 6.45) is 0.732. The Kier molecular flexibility index (Phi) is 4.13. The molecule has 1 aliphatic rings. The third-order valence-corrected chi connectivity index (χ3v) is 4.14. The molecular formula is C16H17F2N3O3. The third-order valence-electron chi connectivity index (χ3n) is 4.14. The highest BCUT2D eigenvalue weighted by Gasteiger charge is 2.31. The number of halogens is 2. The van der Waals surface area contributed by atoms with Crippen LogP contribution in [0.25, 0.3) is 0 Å². The average molecular weight is 337 g/mol. The van der Waals surface area contributed by atoms with Gasteiger partial charge in [0.15, 0.2) is 5.69 Å². The number of hydrogen-bond acceptors (Lipinski definition) is 4. The number of anilines is 1. The maximum atomic E-state index is 12.8.